The van der Waals surface area contributed by atoms with Crippen LogP contribution in [-0.4, -0.2) is 50.3 Å². The fourth-order valence-corrected chi connectivity index (χ4v) is 3.35. The zero-order valence-corrected chi connectivity index (χ0v) is 16.2. The number of rotatable bonds is 7. The smallest absolute Gasteiger partial charge is 0.256 e. The Morgan fingerprint density at radius 2 is 1.89 bits per heavy atom. The van der Waals surface area contributed by atoms with E-state index in [1.807, 2.05) is 67.3 Å². The minimum absolute atomic E-state index is 0.0569. The Labute approximate surface area is 161 Å². The van der Waals surface area contributed by atoms with Crippen LogP contribution in [0, 0.1) is 0 Å². The van der Waals surface area contributed by atoms with Gasteiger partial charge in [0.1, 0.15) is 5.75 Å². The van der Waals surface area contributed by atoms with Crippen molar-refractivity contribution in [2.75, 3.05) is 44.4 Å². The summed E-state index contributed by atoms with van der Waals surface area (Å²) in [4.78, 5) is 17.4. The summed E-state index contributed by atoms with van der Waals surface area (Å²) < 4.78 is 11.0. The number of benzene rings is 2. The molecule has 3 rings (SSSR count). The third-order valence-electron chi connectivity index (χ3n) is 4.74. The van der Waals surface area contributed by atoms with Gasteiger partial charge >= 0.3 is 0 Å². The molecular formula is C22H28N2O3. The highest BCUT2D eigenvalue weighted by Gasteiger charge is 2.22. The number of amides is 1. The molecule has 0 unspecified atom stereocenters. The second-order valence-electron chi connectivity index (χ2n) is 6.52. The van der Waals surface area contributed by atoms with E-state index in [4.69, 9.17) is 9.47 Å². The third-order valence-corrected chi connectivity index (χ3v) is 4.74. The molecule has 0 aromatic heterocycles. The van der Waals surface area contributed by atoms with E-state index in [-0.39, 0.29) is 5.91 Å². The molecule has 1 amide bonds. The minimum atomic E-state index is 0.0569. The van der Waals surface area contributed by atoms with Gasteiger partial charge in [0.05, 0.1) is 25.4 Å². The van der Waals surface area contributed by atoms with Gasteiger partial charge in [-0.2, -0.15) is 0 Å². The van der Waals surface area contributed by atoms with E-state index in [0.29, 0.717) is 32.9 Å². The Kier molecular flexibility index (Phi) is 6.71. The molecule has 2 aromatic rings. The fraction of sp³-hybridized carbons (Fsp3) is 0.409. The maximum atomic E-state index is 13.3. The average molecular weight is 368 g/mol. The Balaban J connectivity index is 1.80. The number of hydrogen-bond donors (Lipinski definition) is 0. The molecule has 1 heterocycles. The number of morpholine rings is 1. The number of anilines is 1. The van der Waals surface area contributed by atoms with Crippen LogP contribution in [0.2, 0.25) is 0 Å². The van der Waals surface area contributed by atoms with Crippen molar-refractivity contribution in [3.63, 3.8) is 0 Å². The summed E-state index contributed by atoms with van der Waals surface area (Å²) >= 11 is 0. The number of nitrogens with zero attached hydrogens (tertiary/aromatic N) is 2. The lowest BCUT2D eigenvalue weighted by molar-refractivity contribution is 0.0751. The highest BCUT2D eigenvalue weighted by atomic mass is 16.5. The van der Waals surface area contributed by atoms with Crippen molar-refractivity contribution >= 4 is 11.6 Å². The lowest BCUT2D eigenvalue weighted by Crippen LogP contribution is -2.38. The van der Waals surface area contributed by atoms with Gasteiger partial charge in [0.25, 0.3) is 5.91 Å². The van der Waals surface area contributed by atoms with Crippen LogP contribution in [-0.2, 0) is 11.3 Å². The van der Waals surface area contributed by atoms with E-state index in [1.165, 1.54) is 0 Å². The molecule has 1 saturated heterocycles. The van der Waals surface area contributed by atoms with Crippen molar-refractivity contribution in [2.45, 2.75) is 20.4 Å². The molecule has 0 spiro atoms. The first-order valence-corrected chi connectivity index (χ1v) is 9.65. The van der Waals surface area contributed by atoms with Gasteiger partial charge in [-0.1, -0.05) is 24.3 Å². The van der Waals surface area contributed by atoms with E-state index >= 15 is 0 Å². The first kappa shape index (κ1) is 19.2. The molecule has 1 fully saturated rings. The zero-order valence-electron chi connectivity index (χ0n) is 16.2. The molecule has 0 saturated carbocycles. The van der Waals surface area contributed by atoms with Gasteiger partial charge in [-0.15, -0.1) is 0 Å². The molecule has 5 heteroatoms. The van der Waals surface area contributed by atoms with Crippen LogP contribution in [0.25, 0.3) is 0 Å². The Morgan fingerprint density at radius 3 is 2.63 bits per heavy atom. The molecule has 0 bridgehead atoms. The summed E-state index contributed by atoms with van der Waals surface area (Å²) in [5, 5.41) is 0. The second kappa shape index (κ2) is 9.42. The van der Waals surface area contributed by atoms with E-state index < -0.39 is 0 Å². The van der Waals surface area contributed by atoms with Crippen molar-refractivity contribution in [3.8, 4) is 5.75 Å². The molecule has 0 atom stereocenters. The summed E-state index contributed by atoms with van der Waals surface area (Å²) in [6.45, 7) is 8.85. The summed E-state index contributed by atoms with van der Waals surface area (Å²) in [6, 6.07) is 15.8. The first-order chi connectivity index (χ1) is 13.2. The topological polar surface area (TPSA) is 42.0 Å². The molecule has 2 aromatic carbocycles. The molecule has 0 N–H and O–H groups in total. The average Bonchev–Trinajstić information content (AvgIpc) is 2.73. The summed E-state index contributed by atoms with van der Waals surface area (Å²) in [7, 11) is 0. The molecule has 0 radical (unpaired) electrons. The standard InChI is InChI=1S/C22H28N2O3/c1-3-23(17-18-8-7-9-19(16-18)27-4-2)22(25)20-10-5-6-11-21(20)24-12-14-26-15-13-24/h5-11,16H,3-4,12-15,17H2,1-2H3. The van der Waals surface area contributed by atoms with Gasteiger partial charge in [-0.05, 0) is 43.7 Å². The van der Waals surface area contributed by atoms with E-state index in [2.05, 4.69) is 4.90 Å². The van der Waals surface area contributed by atoms with Crippen LogP contribution in [0.15, 0.2) is 48.5 Å². The third kappa shape index (κ3) is 4.80. The maximum Gasteiger partial charge on any atom is 0.256 e. The largest absolute Gasteiger partial charge is 0.494 e. The fourth-order valence-electron chi connectivity index (χ4n) is 3.35. The van der Waals surface area contributed by atoms with Gasteiger partial charge in [-0.25, -0.2) is 0 Å². The van der Waals surface area contributed by atoms with Crippen molar-refractivity contribution < 1.29 is 14.3 Å². The molecule has 0 aliphatic carbocycles. The summed E-state index contributed by atoms with van der Waals surface area (Å²) in [5.41, 5.74) is 2.81. The Hall–Kier alpha value is -2.53. The van der Waals surface area contributed by atoms with Crippen LogP contribution in [0.4, 0.5) is 5.69 Å². The molecule has 5 nitrogen and oxygen atoms in total. The molecule has 27 heavy (non-hydrogen) atoms. The Morgan fingerprint density at radius 1 is 1.11 bits per heavy atom. The van der Waals surface area contributed by atoms with E-state index in [9.17, 15) is 4.79 Å². The van der Waals surface area contributed by atoms with E-state index in [1.54, 1.807) is 0 Å². The van der Waals surface area contributed by atoms with Gasteiger partial charge in [0.2, 0.25) is 0 Å². The first-order valence-electron chi connectivity index (χ1n) is 9.65. The minimum Gasteiger partial charge on any atom is -0.494 e. The van der Waals surface area contributed by atoms with Gasteiger partial charge < -0.3 is 19.3 Å². The zero-order chi connectivity index (χ0) is 19.1. The monoisotopic (exact) mass is 368 g/mol. The second-order valence-corrected chi connectivity index (χ2v) is 6.52. The number of para-hydroxylation sites is 1. The van der Waals surface area contributed by atoms with Crippen LogP contribution < -0.4 is 9.64 Å². The number of ether oxygens (including phenoxy) is 2. The van der Waals surface area contributed by atoms with Crippen molar-refractivity contribution in [1.82, 2.24) is 4.90 Å². The highest BCUT2D eigenvalue weighted by Crippen LogP contribution is 2.24. The van der Waals surface area contributed by atoms with Crippen LogP contribution in [0.1, 0.15) is 29.8 Å². The summed E-state index contributed by atoms with van der Waals surface area (Å²) in [6.07, 6.45) is 0. The predicted octanol–water partition coefficient (Wildman–Crippen LogP) is 3.58. The predicted molar refractivity (Wildman–Crippen MR) is 107 cm³/mol. The molecule has 1 aliphatic heterocycles. The van der Waals surface area contributed by atoms with Gasteiger partial charge in [0, 0.05) is 31.9 Å². The quantitative estimate of drug-likeness (QED) is 0.749. The van der Waals surface area contributed by atoms with Crippen molar-refractivity contribution in [2.24, 2.45) is 0 Å². The lowest BCUT2D eigenvalue weighted by atomic mass is 10.1. The lowest BCUT2D eigenvalue weighted by Gasteiger charge is -2.31. The van der Waals surface area contributed by atoms with Crippen LogP contribution in [0.3, 0.4) is 0 Å². The SMILES string of the molecule is CCOc1cccc(CN(CC)C(=O)c2ccccc2N2CCOCC2)c1. The maximum absolute atomic E-state index is 13.3. The van der Waals surface area contributed by atoms with Gasteiger partial charge in [-0.3, -0.25) is 4.79 Å². The van der Waals surface area contributed by atoms with Crippen LogP contribution >= 0.6 is 0 Å². The Bertz CT molecular complexity index is 757. The van der Waals surface area contributed by atoms with E-state index in [0.717, 1.165) is 35.7 Å². The van der Waals surface area contributed by atoms with Crippen molar-refractivity contribution in [3.05, 3.63) is 59.7 Å². The number of hydrogen-bond acceptors (Lipinski definition) is 4. The number of carbonyl (C=O) groups is 1. The molecule has 1 aliphatic rings. The van der Waals surface area contributed by atoms with Crippen molar-refractivity contribution in [1.29, 1.82) is 0 Å². The van der Waals surface area contributed by atoms with Gasteiger partial charge in [0.15, 0.2) is 0 Å². The molecule has 144 valence electrons. The summed E-state index contributed by atoms with van der Waals surface area (Å²) in [5.74, 6) is 0.897. The number of carbonyl (C=O) groups excluding carboxylic acids is 1. The van der Waals surface area contributed by atoms with Crippen LogP contribution in [0.5, 0.6) is 5.75 Å². The highest BCUT2D eigenvalue weighted by molar-refractivity contribution is 5.99. The molecular weight excluding hydrogens is 340 g/mol. The normalized spacial score (nSPS) is 14.1.